The lowest BCUT2D eigenvalue weighted by atomic mass is 10.2. The highest BCUT2D eigenvalue weighted by Crippen LogP contribution is 2.30. The molecule has 1 unspecified atom stereocenters. The van der Waals surface area contributed by atoms with E-state index in [4.69, 9.17) is 15.2 Å². The molecule has 3 rings (SSSR count). The van der Waals surface area contributed by atoms with Crippen LogP contribution in [-0.2, 0) is 20.9 Å². The zero-order valence-electron chi connectivity index (χ0n) is 17.2. The van der Waals surface area contributed by atoms with E-state index in [2.05, 4.69) is 4.99 Å². The van der Waals surface area contributed by atoms with Crippen LogP contribution >= 0.6 is 11.8 Å². The number of carbonyl (C=O) groups excluding carboxylic acids is 3. The molecule has 0 saturated carbocycles. The van der Waals surface area contributed by atoms with E-state index in [1.807, 2.05) is 24.3 Å². The molecular weight excluding hydrogens is 418 g/mol. The van der Waals surface area contributed by atoms with Crippen LogP contribution in [0.5, 0.6) is 5.75 Å². The molecule has 1 fully saturated rings. The molecule has 1 saturated heterocycles. The lowest BCUT2D eigenvalue weighted by Crippen LogP contribution is -2.45. The quantitative estimate of drug-likeness (QED) is 0.662. The molecule has 1 aliphatic rings. The average Bonchev–Trinajstić information content (AvgIpc) is 2.77. The van der Waals surface area contributed by atoms with Crippen LogP contribution in [0.25, 0.3) is 0 Å². The van der Waals surface area contributed by atoms with Gasteiger partial charge < -0.3 is 15.2 Å². The van der Waals surface area contributed by atoms with Gasteiger partial charge in [-0.15, -0.1) is 0 Å². The number of methoxy groups -OCH3 is 1. The number of hydrogen-bond donors (Lipinski definition) is 1. The molecule has 8 nitrogen and oxygen atoms in total. The highest BCUT2D eigenvalue weighted by Gasteiger charge is 2.34. The Balaban J connectivity index is 1.87. The summed E-state index contributed by atoms with van der Waals surface area (Å²) in [4.78, 5) is 42.4. The van der Waals surface area contributed by atoms with Gasteiger partial charge in [0.1, 0.15) is 5.75 Å². The third-order valence-electron chi connectivity index (χ3n) is 4.56. The first-order valence-corrected chi connectivity index (χ1v) is 10.5. The van der Waals surface area contributed by atoms with E-state index >= 15 is 0 Å². The molecule has 2 amide bonds. The summed E-state index contributed by atoms with van der Waals surface area (Å²) in [5, 5.41) is -0.308. The number of hydrogen-bond acceptors (Lipinski definition) is 7. The zero-order chi connectivity index (χ0) is 22.4. The molecule has 0 bridgehead atoms. The Hall–Kier alpha value is -3.33. The number of nitrogens with zero attached hydrogens (tertiary/aromatic N) is 2. The third-order valence-corrected chi connectivity index (χ3v) is 5.77. The lowest BCUT2D eigenvalue weighted by Gasteiger charge is -2.31. The van der Waals surface area contributed by atoms with Crippen LogP contribution < -0.4 is 10.5 Å². The Labute approximate surface area is 184 Å². The summed E-state index contributed by atoms with van der Waals surface area (Å²) in [6.07, 6.45) is 0.0109. The van der Waals surface area contributed by atoms with Gasteiger partial charge in [0.25, 0.3) is 0 Å². The molecule has 31 heavy (non-hydrogen) atoms. The van der Waals surface area contributed by atoms with Gasteiger partial charge in [-0.1, -0.05) is 23.9 Å². The van der Waals surface area contributed by atoms with E-state index in [1.54, 1.807) is 38.3 Å². The van der Waals surface area contributed by atoms with Crippen molar-refractivity contribution in [1.82, 2.24) is 4.90 Å². The molecule has 0 spiro atoms. The van der Waals surface area contributed by atoms with E-state index in [0.29, 0.717) is 28.7 Å². The van der Waals surface area contributed by atoms with Crippen LogP contribution in [0.15, 0.2) is 53.5 Å². The first-order valence-electron chi connectivity index (χ1n) is 9.66. The summed E-state index contributed by atoms with van der Waals surface area (Å²) >= 11 is 1.16. The van der Waals surface area contributed by atoms with Crippen LogP contribution in [0.2, 0.25) is 0 Å². The summed E-state index contributed by atoms with van der Waals surface area (Å²) in [7, 11) is 1.59. The van der Waals surface area contributed by atoms with Crippen molar-refractivity contribution >= 4 is 40.4 Å². The van der Waals surface area contributed by atoms with Crippen LogP contribution in [-0.4, -0.2) is 46.8 Å². The molecule has 0 radical (unpaired) electrons. The summed E-state index contributed by atoms with van der Waals surface area (Å²) in [6.45, 7) is 2.32. The minimum Gasteiger partial charge on any atom is -0.497 e. The van der Waals surface area contributed by atoms with Gasteiger partial charge in [-0.25, -0.2) is 9.79 Å². The number of amidine groups is 1. The van der Waals surface area contributed by atoms with E-state index in [0.717, 1.165) is 17.3 Å². The van der Waals surface area contributed by atoms with Crippen molar-refractivity contribution in [3.63, 3.8) is 0 Å². The van der Waals surface area contributed by atoms with Crippen molar-refractivity contribution in [2.75, 3.05) is 13.7 Å². The molecule has 2 N–H and O–H groups in total. The minimum absolute atomic E-state index is 0.0109. The molecule has 1 heterocycles. The van der Waals surface area contributed by atoms with Gasteiger partial charge in [-0.05, 0) is 48.9 Å². The number of aliphatic imine (C=N–C) groups is 1. The summed E-state index contributed by atoms with van der Waals surface area (Å²) in [5.41, 5.74) is 7.27. The predicted molar refractivity (Wildman–Crippen MR) is 118 cm³/mol. The Bertz CT molecular complexity index is 989. The van der Waals surface area contributed by atoms with Crippen LogP contribution in [0, 0.1) is 0 Å². The standard InChI is InChI=1S/C22H23N3O5S/c1-3-30-21(28)15-6-8-16(9-7-15)24-22-25(19(26)12-18(31-22)20(23)27)13-14-4-10-17(29-2)11-5-14/h4-11,18H,3,12-13H2,1-2H3,(H2,23,27). The number of ether oxygens (including phenoxy) is 2. The van der Waals surface area contributed by atoms with Gasteiger partial charge in [0.2, 0.25) is 11.8 Å². The number of carbonyl (C=O) groups is 3. The average molecular weight is 442 g/mol. The highest BCUT2D eigenvalue weighted by atomic mass is 32.2. The maximum atomic E-state index is 12.8. The zero-order valence-corrected chi connectivity index (χ0v) is 18.1. The van der Waals surface area contributed by atoms with Gasteiger partial charge in [-0.3, -0.25) is 14.5 Å². The first kappa shape index (κ1) is 22.4. The smallest absolute Gasteiger partial charge is 0.338 e. The maximum Gasteiger partial charge on any atom is 0.338 e. The Morgan fingerprint density at radius 3 is 2.42 bits per heavy atom. The van der Waals surface area contributed by atoms with Crippen molar-refractivity contribution in [2.45, 2.75) is 25.1 Å². The van der Waals surface area contributed by atoms with Gasteiger partial charge in [0, 0.05) is 6.42 Å². The molecule has 9 heteroatoms. The minimum atomic E-state index is -0.683. The summed E-state index contributed by atoms with van der Waals surface area (Å²) in [5.74, 6) is -0.501. The summed E-state index contributed by atoms with van der Waals surface area (Å²) < 4.78 is 10.1. The lowest BCUT2D eigenvalue weighted by molar-refractivity contribution is -0.130. The number of thioether (sulfide) groups is 1. The number of esters is 1. The van der Waals surface area contributed by atoms with E-state index < -0.39 is 17.1 Å². The normalized spacial score (nSPS) is 17.5. The van der Waals surface area contributed by atoms with Crippen LogP contribution in [0.1, 0.15) is 29.3 Å². The van der Waals surface area contributed by atoms with Gasteiger partial charge in [0.15, 0.2) is 5.17 Å². The molecular formula is C22H23N3O5S. The number of nitrogens with two attached hydrogens (primary N) is 1. The highest BCUT2D eigenvalue weighted by molar-refractivity contribution is 8.15. The number of rotatable bonds is 7. The fraction of sp³-hybridized carbons (Fsp3) is 0.273. The number of primary amides is 1. The molecule has 162 valence electrons. The molecule has 2 aromatic rings. The Morgan fingerprint density at radius 2 is 1.84 bits per heavy atom. The van der Waals surface area contributed by atoms with Crippen molar-refractivity contribution < 1.29 is 23.9 Å². The van der Waals surface area contributed by atoms with Crippen LogP contribution in [0.4, 0.5) is 5.69 Å². The number of benzene rings is 2. The van der Waals surface area contributed by atoms with Crippen molar-refractivity contribution in [3.05, 3.63) is 59.7 Å². The van der Waals surface area contributed by atoms with E-state index in [9.17, 15) is 14.4 Å². The van der Waals surface area contributed by atoms with Gasteiger partial charge in [0.05, 0.1) is 36.8 Å². The van der Waals surface area contributed by atoms with Crippen molar-refractivity contribution in [1.29, 1.82) is 0 Å². The topological polar surface area (TPSA) is 111 Å². The number of amides is 2. The van der Waals surface area contributed by atoms with Crippen molar-refractivity contribution in [2.24, 2.45) is 10.7 Å². The second-order valence-electron chi connectivity index (χ2n) is 6.70. The fourth-order valence-corrected chi connectivity index (χ4v) is 3.97. The summed E-state index contributed by atoms with van der Waals surface area (Å²) in [6, 6.07) is 13.9. The first-order chi connectivity index (χ1) is 14.9. The molecule has 1 aliphatic heterocycles. The monoisotopic (exact) mass is 441 g/mol. The van der Waals surface area contributed by atoms with E-state index in [1.165, 1.54) is 4.90 Å². The molecule has 1 atom stereocenters. The molecule has 0 aliphatic carbocycles. The SMILES string of the molecule is CCOC(=O)c1ccc(N=C2SC(C(N)=O)CC(=O)N2Cc2ccc(OC)cc2)cc1. The maximum absolute atomic E-state index is 12.8. The van der Waals surface area contributed by atoms with Crippen molar-refractivity contribution in [3.8, 4) is 5.75 Å². The molecule has 2 aromatic carbocycles. The predicted octanol–water partition coefficient (Wildman–Crippen LogP) is 2.88. The van der Waals surface area contributed by atoms with Gasteiger partial charge >= 0.3 is 5.97 Å². The largest absolute Gasteiger partial charge is 0.497 e. The fourth-order valence-electron chi connectivity index (χ4n) is 2.92. The molecule has 0 aromatic heterocycles. The second-order valence-corrected chi connectivity index (χ2v) is 7.87. The van der Waals surface area contributed by atoms with Crippen LogP contribution in [0.3, 0.4) is 0 Å². The third kappa shape index (κ3) is 5.64. The van der Waals surface area contributed by atoms with E-state index in [-0.39, 0.29) is 18.9 Å². The second kappa shape index (κ2) is 10.1. The Morgan fingerprint density at radius 1 is 1.16 bits per heavy atom. The Kier molecular flexibility index (Phi) is 7.30. The van der Waals surface area contributed by atoms with Gasteiger partial charge in [-0.2, -0.15) is 0 Å².